The second-order valence-corrected chi connectivity index (χ2v) is 7.83. The predicted molar refractivity (Wildman–Crippen MR) is 106 cm³/mol. The summed E-state index contributed by atoms with van der Waals surface area (Å²) in [6.45, 7) is 5.92. The van der Waals surface area contributed by atoms with Gasteiger partial charge >= 0.3 is 0 Å². The number of hydrogen-bond donors (Lipinski definition) is 1. The lowest BCUT2D eigenvalue weighted by atomic mass is 9.89. The fourth-order valence-corrected chi connectivity index (χ4v) is 4.04. The van der Waals surface area contributed by atoms with Crippen LogP contribution in [0, 0.1) is 0 Å². The number of nitrogens with two attached hydrogens (primary N) is 1. The highest BCUT2D eigenvalue weighted by atomic mass is 35.5. The lowest BCUT2D eigenvalue weighted by molar-refractivity contribution is 0.0987. The molecule has 2 aromatic rings. The van der Waals surface area contributed by atoms with Gasteiger partial charge in [-0.25, -0.2) is 15.0 Å². The molecule has 9 heteroatoms. The monoisotopic (exact) mass is 403 g/mol. The maximum absolute atomic E-state index is 12.5. The van der Waals surface area contributed by atoms with Gasteiger partial charge in [-0.15, -0.1) is 0 Å². The van der Waals surface area contributed by atoms with E-state index in [2.05, 4.69) is 26.5 Å². The first-order valence-electron chi connectivity index (χ1n) is 8.06. The minimum atomic E-state index is -0.671. The number of thioether (sulfide) groups is 1. The van der Waals surface area contributed by atoms with Gasteiger partial charge in [-0.3, -0.25) is 9.79 Å². The SMILES string of the molecule is C=C1C[C@@](C)(c2cc(CC(=O)c3cnc(OC)cn3)cnc2Cl)N=C(N)S1. The Balaban J connectivity index is 1.88. The van der Waals surface area contributed by atoms with E-state index in [9.17, 15) is 4.79 Å². The van der Waals surface area contributed by atoms with Crippen molar-refractivity contribution in [2.45, 2.75) is 25.3 Å². The van der Waals surface area contributed by atoms with E-state index < -0.39 is 5.54 Å². The van der Waals surface area contributed by atoms with Gasteiger partial charge in [0.15, 0.2) is 11.0 Å². The van der Waals surface area contributed by atoms with E-state index in [0.717, 1.165) is 4.91 Å². The Morgan fingerprint density at radius 2 is 2.15 bits per heavy atom. The number of aromatic nitrogens is 3. The van der Waals surface area contributed by atoms with E-state index in [4.69, 9.17) is 22.1 Å². The summed E-state index contributed by atoms with van der Waals surface area (Å²) >= 11 is 7.67. The maximum atomic E-state index is 12.5. The van der Waals surface area contributed by atoms with Gasteiger partial charge in [0.2, 0.25) is 5.88 Å². The lowest BCUT2D eigenvalue weighted by Crippen LogP contribution is -2.28. The third-order valence-corrected chi connectivity index (χ3v) is 5.15. The molecule has 0 spiro atoms. The summed E-state index contributed by atoms with van der Waals surface area (Å²) in [5, 5.41) is 0.758. The van der Waals surface area contributed by atoms with Gasteiger partial charge in [0, 0.05) is 24.6 Å². The molecule has 3 rings (SSSR count). The van der Waals surface area contributed by atoms with Crippen LogP contribution >= 0.6 is 23.4 Å². The van der Waals surface area contributed by atoms with Crippen LogP contribution < -0.4 is 10.5 Å². The normalized spacial score (nSPS) is 19.5. The van der Waals surface area contributed by atoms with Crippen LogP contribution in [0.1, 0.15) is 35.0 Å². The Morgan fingerprint density at radius 3 is 2.78 bits per heavy atom. The summed E-state index contributed by atoms with van der Waals surface area (Å²) in [5.41, 5.74) is 6.91. The molecule has 0 fully saturated rings. The zero-order valence-electron chi connectivity index (χ0n) is 14.9. The van der Waals surface area contributed by atoms with Gasteiger partial charge in [-0.1, -0.05) is 29.9 Å². The molecule has 1 atom stereocenters. The Bertz CT molecular complexity index is 932. The lowest BCUT2D eigenvalue weighted by Gasteiger charge is -2.31. The second kappa shape index (κ2) is 7.66. The molecule has 0 bridgehead atoms. The third kappa shape index (κ3) is 4.28. The number of rotatable bonds is 5. The molecule has 0 aromatic carbocycles. The highest BCUT2D eigenvalue weighted by molar-refractivity contribution is 8.17. The molecule has 140 valence electrons. The Kier molecular flexibility index (Phi) is 5.48. The number of nitrogens with zero attached hydrogens (tertiary/aromatic N) is 4. The highest BCUT2D eigenvalue weighted by Crippen LogP contribution is 2.42. The van der Waals surface area contributed by atoms with Crippen molar-refractivity contribution in [1.29, 1.82) is 0 Å². The molecule has 3 heterocycles. The number of halogens is 1. The molecule has 0 radical (unpaired) electrons. The molecule has 2 N–H and O–H groups in total. The van der Waals surface area contributed by atoms with Crippen LogP contribution in [0.25, 0.3) is 0 Å². The van der Waals surface area contributed by atoms with Crippen molar-refractivity contribution in [2.75, 3.05) is 7.11 Å². The number of carbonyl (C=O) groups excluding carboxylic acids is 1. The average molecular weight is 404 g/mol. The number of carbonyl (C=O) groups is 1. The highest BCUT2D eigenvalue weighted by Gasteiger charge is 2.34. The molecular formula is C18H18ClN5O2S. The Labute approximate surface area is 166 Å². The van der Waals surface area contributed by atoms with Crippen molar-refractivity contribution in [3.05, 3.63) is 58.1 Å². The van der Waals surface area contributed by atoms with Crippen LogP contribution in [0.3, 0.4) is 0 Å². The van der Waals surface area contributed by atoms with E-state index >= 15 is 0 Å². The molecule has 1 aliphatic heterocycles. The average Bonchev–Trinajstić information content (AvgIpc) is 2.62. The number of amidine groups is 1. The first kappa shape index (κ1) is 19.3. The minimum Gasteiger partial charge on any atom is -0.480 e. The molecule has 27 heavy (non-hydrogen) atoms. The van der Waals surface area contributed by atoms with Gasteiger partial charge in [-0.05, 0) is 23.5 Å². The minimum absolute atomic E-state index is 0.114. The quantitative estimate of drug-likeness (QED) is 0.604. The summed E-state index contributed by atoms with van der Waals surface area (Å²) in [7, 11) is 1.49. The van der Waals surface area contributed by atoms with Crippen LogP contribution in [0.15, 0.2) is 41.1 Å². The topological polar surface area (TPSA) is 103 Å². The van der Waals surface area contributed by atoms with E-state index in [-0.39, 0.29) is 17.9 Å². The van der Waals surface area contributed by atoms with Gasteiger partial charge in [0.25, 0.3) is 0 Å². The number of hydrogen-bond acceptors (Lipinski definition) is 8. The van der Waals surface area contributed by atoms with Gasteiger partial charge < -0.3 is 10.5 Å². The molecule has 0 aliphatic carbocycles. The van der Waals surface area contributed by atoms with Crippen molar-refractivity contribution in [1.82, 2.24) is 15.0 Å². The van der Waals surface area contributed by atoms with Crippen molar-refractivity contribution < 1.29 is 9.53 Å². The second-order valence-electron chi connectivity index (χ2n) is 6.27. The van der Waals surface area contributed by atoms with Crippen LogP contribution in [0.4, 0.5) is 0 Å². The maximum Gasteiger partial charge on any atom is 0.232 e. The molecular weight excluding hydrogens is 386 g/mol. The predicted octanol–water partition coefficient (Wildman–Crippen LogP) is 3.14. The fraction of sp³-hybridized carbons (Fsp3) is 0.278. The molecule has 0 saturated carbocycles. The van der Waals surface area contributed by atoms with Gasteiger partial charge in [0.05, 0.1) is 25.0 Å². The molecule has 0 unspecified atom stereocenters. The molecule has 2 aromatic heterocycles. The zero-order chi connectivity index (χ0) is 19.6. The standard InChI is InChI=1S/C18H18ClN5O2S/c1-10-6-18(2,24-17(20)27-10)12-4-11(7-23-16(12)19)5-14(25)13-8-22-15(26-3)9-21-13/h4,7-9H,1,5-6H2,2-3H3,(H2,20,24)/t18-/m0/s1. The van der Waals surface area contributed by atoms with Crippen LogP contribution in [-0.2, 0) is 12.0 Å². The van der Waals surface area contributed by atoms with Crippen LogP contribution in [0.5, 0.6) is 5.88 Å². The zero-order valence-corrected chi connectivity index (χ0v) is 16.5. The fourth-order valence-electron chi connectivity index (χ4n) is 2.84. The van der Waals surface area contributed by atoms with Crippen molar-refractivity contribution in [2.24, 2.45) is 10.7 Å². The largest absolute Gasteiger partial charge is 0.480 e. The van der Waals surface area contributed by atoms with Gasteiger partial charge in [0.1, 0.15) is 10.8 Å². The number of aliphatic imine (C=N–C) groups is 1. The van der Waals surface area contributed by atoms with Gasteiger partial charge in [-0.2, -0.15) is 0 Å². The summed E-state index contributed by atoms with van der Waals surface area (Å²) in [4.78, 5) is 30.3. The number of pyridine rings is 1. The van der Waals surface area contributed by atoms with E-state index in [0.29, 0.717) is 33.7 Å². The number of ether oxygens (including phenoxy) is 1. The number of Topliss-reactive ketones (excluding diaryl/α,β-unsaturated/α-hetero) is 1. The summed E-state index contributed by atoms with van der Waals surface area (Å²) in [6, 6.07) is 1.84. The van der Waals surface area contributed by atoms with Crippen LogP contribution in [-0.4, -0.2) is 33.0 Å². The Hall–Kier alpha value is -2.45. The van der Waals surface area contributed by atoms with Crippen molar-refractivity contribution in [3.8, 4) is 5.88 Å². The molecule has 1 aliphatic rings. The van der Waals surface area contributed by atoms with E-state index in [1.165, 1.54) is 31.3 Å². The smallest absolute Gasteiger partial charge is 0.232 e. The first-order valence-corrected chi connectivity index (χ1v) is 9.25. The van der Waals surface area contributed by atoms with Crippen molar-refractivity contribution in [3.63, 3.8) is 0 Å². The molecule has 0 amide bonds. The summed E-state index contributed by atoms with van der Waals surface area (Å²) < 4.78 is 4.95. The first-order chi connectivity index (χ1) is 12.8. The summed E-state index contributed by atoms with van der Waals surface area (Å²) in [6.07, 6.45) is 5.07. The molecule has 0 saturated heterocycles. The third-order valence-electron chi connectivity index (χ3n) is 4.11. The van der Waals surface area contributed by atoms with E-state index in [1.54, 1.807) is 6.20 Å². The van der Waals surface area contributed by atoms with Crippen LogP contribution in [0.2, 0.25) is 5.15 Å². The number of methoxy groups -OCH3 is 1. The van der Waals surface area contributed by atoms with Crippen molar-refractivity contribution >= 4 is 34.3 Å². The number of ketones is 1. The molecule has 7 nitrogen and oxygen atoms in total. The van der Waals surface area contributed by atoms with E-state index in [1.807, 2.05) is 13.0 Å². The summed E-state index contributed by atoms with van der Waals surface area (Å²) in [5.74, 6) is 0.165. The Morgan fingerprint density at radius 1 is 1.37 bits per heavy atom.